The molecule has 0 radical (unpaired) electrons. The maximum Gasteiger partial charge on any atom is 0.264 e. The Labute approximate surface area is 233 Å². The highest BCUT2D eigenvalue weighted by atomic mass is 79.9. The molecule has 1 fully saturated rings. The lowest BCUT2D eigenvalue weighted by Crippen LogP contribution is -2.19. The van der Waals surface area contributed by atoms with E-state index < -0.39 is 0 Å². The zero-order chi connectivity index (χ0) is 25.1. The van der Waals surface area contributed by atoms with Crippen LogP contribution in [0.5, 0.6) is 11.5 Å². The molecule has 35 heavy (non-hydrogen) atoms. The van der Waals surface area contributed by atoms with Crippen LogP contribution < -0.4 is 14.8 Å². The Kier molecular flexibility index (Phi) is 8.42. The van der Waals surface area contributed by atoms with Crippen LogP contribution in [0.4, 0.5) is 5.69 Å². The number of carbonyl (C=O) groups is 1. The number of carbonyl (C=O) groups excluding carboxylic acids is 1. The molecule has 0 aliphatic carbocycles. The molecule has 0 bridgehead atoms. The van der Waals surface area contributed by atoms with Crippen LogP contribution >= 0.6 is 59.6 Å². The van der Waals surface area contributed by atoms with Gasteiger partial charge in [0.15, 0.2) is 16.7 Å². The fourth-order valence-electron chi connectivity index (χ4n) is 3.44. The number of halogens is 3. The largest absolute Gasteiger partial charge is 0.493 e. The van der Waals surface area contributed by atoms with Crippen molar-refractivity contribution in [2.75, 3.05) is 7.11 Å². The summed E-state index contributed by atoms with van der Waals surface area (Å²) in [6, 6.07) is 15.6. The van der Waals surface area contributed by atoms with Crippen molar-refractivity contribution in [3.05, 3.63) is 89.1 Å². The number of rotatable bonds is 6. The number of hydrogen-bond donors (Lipinski definition) is 1. The van der Waals surface area contributed by atoms with Gasteiger partial charge >= 0.3 is 0 Å². The fourth-order valence-corrected chi connectivity index (χ4v) is 5.35. The molecule has 0 atom stereocenters. The molecular formula is C26H21Br3N2O3S. The Morgan fingerprint density at radius 3 is 2.37 bits per heavy atom. The Hall–Kier alpha value is -2.07. The first kappa shape index (κ1) is 26.0. The first-order valence-electron chi connectivity index (χ1n) is 10.5. The molecule has 3 aromatic carbocycles. The molecule has 0 spiro atoms. The number of aliphatic imine (C=N–C) groups is 1. The third-order valence-electron chi connectivity index (χ3n) is 5.15. The zero-order valence-electron chi connectivity index (χ0n) is 19.1. The van der Waals surface area contributed by atoms with Crippen molar-refractivity contribution in [3.8, 4) is 11.5 Å². The maximum atomic E-state index is 12.6. The molecule has 0 saturated carbocycles. The quantitative estimate of drug-likeness (QED) is 0.268. The van der Waals surface area contributed by atoms with Crippen molar-refractivity contribution in [2.24, 2.45) is 4.99 Å². The zero-order valence-corrected chi connectivity index (χ0v) is 24.7. The summed E-state index contributed by atoms with van der Waals surface area (Å²) in [4.78, 5) is 17.8. The van der Waals surface area contributed by atoms with E-state index in [9.17, 15) is 4.79 Å². The van der Waals surface area contributed by atoms with Crippen molar-refractivity contribution in [1.82, 2.24) is 5.32 Å². The summed E-state index contributed by atoms with van der Waals surface area (Å²) >= 11 is 11.9. The van der Waals surface area contributed by atoms with Gasteiger partial charge in [0.05, 0.1) is 22.2 Å². The molecule has 3 aromatic rings. The van der Waals surface area contributed by atoms with E-state index in [1.165, 1.54) is 11.8 Å². The number of ether oxygens (including phenoxy) is 2. The topological polar surface area (TPSA) is 59.9 Å². The van der Waals surface area contributed by atoms with Gasteiger partial charge in [0, 0.05) is 8.95 Å². The Morgan fingerprint density at radius 1 is 1.03 bits per heavy atom. The standard InChI is InChI=1S/C26H21Br3N2O3S/c1-14-8-19(9-15(2)23(14)29)30-26-31-25(32)22(35-26)12-17-10-20(28)24(21(11-17)33-3)34-13-16-4-6-18(27)7-5-16/h4-12H,13H2,1-3H3,(H,30,31,32)/b22-12-. The predicted molar refractivity (Wildman–Crippen MR) is 154 cm³/mol. The van der Waals surface area contributed by atoms with Crippen LogP contribution in [0.2, 0.25) is 0 Å². The van der Waals surface area contributed by atoms with Crippen LogP contribution in [0.25, 0.3) is 6.08 Å². The van der Waals surface area contributed by atoms with Crippen molar-refractivity contribution >= 4 is 82.4 Å². The second kappa shape index (κ2) is 11.3. The van der Waals surface area contributed by atoms with E-state index in [2.05, 4.69) is 58.1 Å². The highest BCUT2D eigenvalue weighted by molar-refractivity contribution is 9.11. The monoisotopic (exact) mass is 678 g/mol. The number of benzene rings is 3. The molecule has 1 saturated heterocycles. The molecule has 1 amide bonds. The Balaban J connectivity index is 1.54. The van der Waals surface area contributed by atoms with Gasteiger partial charge in [-0.05, 0) is 106 Å². The lowest BCUT2D eigenvalue weighted by molar-refractivity contribution is -0.115. The van der Waals surface area contributed by atoms with Gasteiger partial charge < -0.3 is 14.8 Å². The molecular weight excluding hydrogens is 660 g/mol. The molecule has 180 valence electrons. The minimum absolute atomic E-state index is 0.190. The van der Waals surface area contributed by atoms with Crippen LogP contribution in [-0.4, -0.2) is 18.2 Å². The van der Waals surface area contributed by atoms with Gasteiger partial charge in [0.2, 0.25) is 0 Å². The molecule has 1 aliphatic heterocycles. The first-order chi connectivity index (χ1) is 16.7. The van der Waals surface area contributed by atoms with Gasteiger partial charge in [-0.1, -0.05) is 44.0 Å². The van der Waals surface area contributed by atoms with Gasteiger partial charge in [-0.15, -0.1) is 0 Å². The Morgan fingerprint density at radius 2 is 1.71 bits per heavy atom. The average Bonchev–Trinajstić information content (AvgIpc) is 3.15. The Bertz CT molecular complexity index is 1330. The van der Waals surface area contributed by atoms with Crippen LogP contribution in [0, 0.1) is 13.8 Å². The second-order valence-electron chi connectivity index (χ2n) is 7.82. The minimum atomic E-state index is -0.190. The van der Waals surface area contributed by atoms with E-state index in [-0.39, 0.29) is 5.91 Å². The number of hydrogen-bond acceptors (Lipinski definition) is 5. The fraction of sp³-hybridized carbons (Fsp3) is 0.154. The van der Waals surface area contributed by atoms with Gasteiger partial charge in [0.1, 0.15) is 6.61 Å². The summed E-state index contributed by atoms with van der Waals surface area (Å²) in [6.45, 7) is 4.43. The first-order valence-corrected chi connectivity index (χ1v) is 13.7. The molecule has 9 heteroatoms. The van der Waals surface area contributed by atoms with E-state index in [1.54, 1.807) is 7.11 Å². The van der Waals surface area contributed by atoms with Gasteiger partial charge in [-0.3, -0.25) is 4.79 Å². The highest BCUT2D eigenvalue weighted by Crippen LogP contribution is 2.39. The van der Waals surface area contributed by atoms with Crippen LogP contribution in [0.15, 0.2) is 71.8 Å². The van der Waals surface area contributed by atoms with Crippen LogP contribution in [-0.2, 0) is 11.4 Å². The van der Waals surface area contributed by atoms with E-state index >= 15 is 0 Å². The third-order valence-corrected chi connectivity index (χ3v) is 8.43. The number of methoxy groups -OCH3 is 1. The smallest absolute Gasteiger partial charge is 0.264 e. The van der Waals surface area contributed by atoms with E-state index in [0.29, 0.717) is 28.2 Å². The molecule has 5 nitrogen and oxygen atoms in total. The van der Waals surface area contributed by atoms with Crippen molar-refractivity contribution < 1.29 is 14.3 Å². The van der Waals surface area contributed by atoms with E-state index in [1.807, 2.05) is 68.5 Å². The lowest BCUT2D eigenvalue weighted by atomic mass is 10.1. The number of amides is 1. The summed E-state index contributed by atoms with van der Waals surface area (Å²) in [5.74, 6) is 0.982. The average molecular weight is 681 g/mol. The summed E-state index contributed by atoms with van der Waals surface area (Å²) in [7, 11) is 1.59. The number of amidine groups is 1. The van der Waals surface area contributed by atoms with Crippen molar-refractivity contribution in [3.63, 3.8) is 0 Å². The summed E-state index contributed by atoms with van der Waals surface area (Å²) in [6.07, 6.45) is 1.81. The number of thioether (sulfide) groups is 1. The molecule has 1 aliphatic rings. The number of nitrogens with one attached hydrogen (secondary N) is 1. The minimum Gasteiger partial charge on any atom is -0.493 e. The second-order valence-corrected chi connectivity index (χ2v) is 11.4. The predicted octanol–water partition coefficient (Wildman–Crippen LogP) is 8.07. The van der Waals surface area contributed by atoms with Crippen LogP contribution in [0.3, 0.4) is 0 Å². The van der Waals surface area contributed by atoms with Crippen molar-refractivity contribution in [1.29, 1.82) is 0 Å². The summed E-state index contributed by atoms with van der Waals surface area (Å²) in [5, 5.41) is 3.39. The van der Waals surface area contributed by atoms with E-state index in [0.717, 1.165) is 41.4 Å². The highest BCUT2D eigenvalue weighted by Gasteiger charge is 2.24. The third kappa shape index (κ3) is 6.39. The molecule has 1 heterocycles. The SMILES string of the molecule is COc1cc(/C=C2\SC(=Nc3cc(C)c(Br)c(C)c3)NC2=O)cc(Br)c1OCc1ccc(Br)cc1. The van der Waals surface area contributed by atoms with Gasteiger partial charge in [-0.2, -0.15) is 0 Å². The molecule has 1 N–H and O–H groups in total. The summed E-state index contributed by atoms with van der Waals surface area (Å²) < 4.78 is 14.4. The van der Waals surface area contributed by atoms with Crippen molar-refractivity contribution in [2.45, 2.75) is 20.5 Å². The maximum absolute atomic E-state index is 12.6. The van der Waals surface area contributed by atoms with Gasteiger partial charge in [-0.25, -0.2) is 4.99 Å². The van der Waals surface area contributed by atoms with Gasteiger partial charge in [0.25, 0.3) is 5.91 Å². The number of aryl methyl sites for hydroxylation is 2. The normalized spacial score (nSPS) is 15.5. The molecule has 0 unspecified atom stereocenters. The van der Waals surface area contributed by atoms with Crippen LogP contribution in [0.1, 0.15) is 22.3 Å². The summed E-state index contributed by atoms with van der Waals surface area (Å²) in [5.41, 5.74) is 4.82. The lowest BCUT2D eigenvalue weighted by Gasteiger charge is -2.14. The molecule has 0 aromatic heterocycles. The number of nitrogens with zero attached hydrogens (tertiary/aromatic N) is 1. The molecule has 4 rings (SSSR count). The van der Waals surface area contributed by atoms with E-state index in [4.69, 9.17) is 9.47 Å².